The summed E-state index contributed by atoms with van der Waals surface area (Å²) in [6.45, 7) is 0.739. The number of piperidine rings is 1. The van der Waals surface area contributed by atoms with Gasteiger partial charge in [-0.25, -0.2) is 4.79 Å². The Morgan fingerprint density at radius 3 is 2.47 bits per heavy atom. The Morgan fingerprint density at radius 1 is 1.06 bits per heavy atom. The van der Waals surface area contributed by atoms with E-state index in [1.165, 1.54) is 0 Å². The van der Waals surface area contributed by atoms with Crippen LogP contribution in [-0.4, -0.2) is 63.9 Å². The number of carbonyl (C=O) groups excluding carboxylic acids is 2. The van der Waals surface area contributed by atoms with Crippen molar-refractivity contribution >= 4 is 23.6 Å². The lowest BCUT2D eigenvalue weighted by Gasteiger charge is -2.32. The Morgan fingerprint density at radius 2 is 1.78 bits per heavy atom. The SMILES string of the molecule is O=C(O)NCc1cccc(C2CCN(C(=O)c3cccc(NC(=O)C(O)CO)c3)CC2)c1. The van der Waals surface area contributed by atoms with E-state index in [2.05, 4.69) is 10.6 Å². The van der Waals surface area contributed by atoms with Crippen LogP contribution >= 0.6 is 0 Å². The average Bonchev–Trinajstić information content (AvgIpc) is 2.82. The summed E-state index contributed by atoms with van der Waals surface area (Å²) in [5.41, 5.74) is 2.83. The van der Waals surface area contributed by atoms with Crippen LogP contribution in [0, 0.1) is 0 Å². The molecule has 0 aliphatic carbocycles. The average molecular weight is 441 g/mol. The first-order valence-corrected chi connectivity index (χ1v) is 10.4. The lowest BCUT2D eigenvalue weighted by atomic mass is 9.88. The van der Waals surface area contributed by atoms with Crippen molar-refractivity contribution in [2.75, 3.05) is 25.0 Å². The molecule has 170 valence electrons. The molecule has 9 nitrogen and oxygen atoms in total. The standard InChI is InChI=1S/C23H27N3O6/c27-14-20(28)21(29)25-19-6-2-5-18(12-19)22(30)26-9-7-16(8-10-26)17-4-1-3-15(11-17)13-24-23(31)32/h1-6,11-12,16,20,24,27-28H,7-10,13-14H2,(H,25,29)(H,31,32). The summed E-state index contributed by atoms with van der Waals surface area (Å²) in [4.78, 5) is 37.2. The minimum absolute atomic E-state index is 0.137. The summed E-state index contributed by atoms with van der Waals surface area (Å²) in [6.07, 6.45) is -0.997. The second-order valence-corrected chi connectivity index (χ2v) is 7.74. The normalized spacial score (nSPS) is 15.1. The van der Waals surface area contributed by atoms with Gasteiger partial charge >= 0.3 is 6.09 Å². The van der Waals surface area contributed by atoms with Gasteiger partial charge in [0.05, 0.1) is 6.61 Å². The van der Waals surface area contributed by atoms with Gasteiger partial charge in [-0.3, -0.25) is 9.59 Å². The Labute approximate surface area is 185 Å². The molecule has 32 heavy (non-hydrogen) atoms. The van der Waals surface area contributed by atoms with Gasteiger partial charge in [0.1, 0.15) is 0 Å². The first-order valence-electron chi connectivity index (χ1n) is 10.4. The van der Waals surface area contributed by atoms with Crippen molar-refractivity contribution in [1.82, 2.24) is 10.2 Å². The van der Waals surface area contributed by atoms with Gasteiger partial charge in [-0.2, -0.15) is 0 Å². The van der Waals surface area contributed by atoms with E-state index in [-0.39, 0.29) is 18.4 Å². The van der Waals surface area contributed by atoms with Gasteiger partial charge in [0, 0.05) is 30.9 Å². The van der Waals surface area contributed by atoms with Crippen LogP contribution in [0.25, 0.3) is 0 Å². The first-order chi connectivity index (χ1) is 15.4. The van der Waals surface area contributed by atoms with Crippen molar-refractivity contribution in [2.24, 2.45) is 0 Å². The van der Waals surface area contributed by atoms with Gasteiger partial charge in [-0.05, 0) is 48.1 Å². The van der Waals surface area contributed by atoms with Crippen molar-refractivity contribution in [2.45, 2.75) is 31.4 Å². The third-order valence-corrected chi connectivity index (χ3v) is 5.50. The highest BCUT2D eigenvalue weighted by Gasteiger charge is 2.25. The molecule has 1 saturated heterocycles. The van der Waals surface area contributed by atoms with Crippen molar-refractivity contribution in [3.8, 4) is 0 Å². The molecule has 0 radical (unpaired) electrons. The highest BCUT2D eigenvalue weighted by Crippen LogP contribution is 2.29. The van der Waals surface area contributed by atoms with Gasteiger partial charge in [-0.15, -0.1) is 0 Å². The molecule has 2 aromatic rings. The van der Waals surface area contributed by atoms with Crippen LogP contribution in [0.15, 0.2) is 48.5 Å². The number of carboxylic acid groups (broad SMARTS) is 1. The molecule has 0 saturated carbocycles. The maximum absolute atomic E-state index is 12.9. The molecule has 0 bridgehead atoms. The van der Waals surface area contributed by atoms with Crippen LogP contribution in [-0.2, 0) is 11.3 Å². The Hall–Kier alpha value is -3.43. The van der Waals surface area contributed by atoms with E-state index >= 15 is 0 Å². The van der Waals surface area contributed by atoms with Crippen molar-refractivity contribution in [1.29, 1.82) is 0 Å². The number of rotatable bonds is 7. The van der Waals surface area contributed by atoms with Crippen LogP contribution in [0.5, 0.6) is 0 Å². The zero-order chi connectivity index (χ0) is 23.1. The van der Waals surface area contributed by atoms with Gasteiger partial charge in [-0.1, -0.05) is 30.3 Å². The van der Waals surface area contributed by atoms with Crippen molar-refractivity contribution in [3.05, 3.63) is 65.2 Å². The molecule has 1 atom stereocenters. The minimum Gasteiger partial charge on any atom is -0.465 e. The van der Waals surface area contributed by atoms with E-state index in [1.54, 1.807) is 29.2 Å². The van der Waals surface area contributed by atoms with Crippen molar-refractivity contribution < 1.29 is 29.7 Å². The number of hydrogen-bond donors (Lipinski definition) is 5. The molecule has 5 N–H and O–H groups in total. The third-order valence-electron chi connectivity index (χ3n) is 5.50. The third kappa shape index (κ3) is 6.05. The first kappa shape index (κ1) is 23.2. The Bertz CT molecular complexity index is 972. The molecule has 2 aromatic carbocycles. The second kappa shape index (κ2) is 10.7. The highest BCUT2D eigenvalue weighted by atomic mass is 16.4. The number of anilines is 1. The topological polar surface area (TPSA) is 139 Å². The molecule has 1 aliphatic heterocycles. The highest BCUT2D eigenvalue weighted by molar-refractivity contribution is 5.98. The molecule has 9 heteroatoms. The molecular weight excluding hydrogens is 414 g/mol. The van der Waals surface area contributed by atoms with Crippen LogP contribution in [0.4, 0.5) is 10.5 Å². The van der Waals surface area contributed by atoms with Gasteiger partial charge in [0.25, 0.3) is 11.8 Å². The van der Waals surface area contributed by atoms with E-state index in [9.17, 15) is 19.5 Å². The zero-order valence-electron chi connectivity index (χ0n) is 17.5. The summed E-state index contributed by atoms with van der Waals surface area (Å²) < 4.78 is 0. The van der Waals surface area contributed by atoms with Gasteiger partial charge in [0.2, 0.25) is 0 Å². The summed E-state index contributed by atoms with van der Waals surface area (Å²) >= 11 is 0. The number of nitrogens with zero attached hydrogens (tertiary/aromatic N) is 1. The van der Waals surface area contributed by atoms with Gasteiger partial charge in [0.15, 0.2) is 6.10 Å². The second-order valence-electron chi connectivity index (χ2n) is 7.74. The van der Waals surface area contributed by atoms with Gasteiger partial charge < -0.3 is 30.9 Å². The molecule has 1 heterocycles. The van der Waals surface area contributed by atoms with Crippen LogP contribution in [0.1, 0.15) is 40.2 Å². The number of nitrogens with one attached hydrogen (secondary N) is 2. The van der Waals surface area contributed by atoms with E-state index < -0.39 is 24.7 Å². The Kier molecular flexibility index (Phi) is 7.80. The number of likely N-dealkylation sites (tertiary alicyclic amines) is 1. The molecule has 1 aliphatic rings. The van der Waals surface area contributed by atoms with E-state index in [4.69, 9.17) is 10.2 Å². The molecule has 0 spiro atoms. The summed E-state index contributed by atoms with van der Waals surface area (Å²) in [7, 11) is 0. The lowest BCUT2D eigenvalue weighted by Crippen LogP contribution is -2.38. The van der Waals surface area contributed by atoms with Crippen molar-refractivity contribution in [3.63, 3.8) is 0 Å². The number of amides is 3. The number of hydrogen-bond acceptors (Lipinski definition) is 5. The quantitative estimate of drug-likeness (QED) is 0.444. The van der Waals surface area contributed by atoms with Crippen LogP contribution < -0.4 is 10.6 Å². The monoisotopic (exact) mass is 441 g/mol. The number of carbonyl (C=O) groups is 3. The largest absolute Gasteiger partial charge is 0.465 e. The zero-order valence-corrected chi connectivity index (χ0v) is 17.5. The summed E-state index contributed by atoms with van der Waals surface area (Å²) in [5, 5.41) is 31.9. The predicted molar refractivity (Wildman–Crippen MR) is 117 cm³/mol. The summed E-state index contributed by atoms with van der Waals surface area (Å²) in [5.74, 6) is -0.588. The number of aliphatic hydroxyl groups is 2. The number of benzene rings is 2. The fourth-order valence-electron chi connectivity index (χ4n) is 3.77. The lowest BCUT2D eigenvalue weighted by molar-refractivity contribution is -0.125. The summed E-state index contributed by atoms with van der Waals surface area (Å²) in [6, 6.07) is 14.3. The fraction of sp³-hybridized carbons (Fsp3) is 0.348. The molecular formula is C23H27N3O6. The Balaban J connectivity index is 1.59. The predicted octanol–water partition coefficient (Wildman–Crippen LogP) is 1.77. The minimum atomic E-state index is -1.52. The van der Waals surface area contributed by atoms with E-state index in [1.807, 2.05) is 24.3 Å². The maximum Gasteiger partial charge on any atom is 0.404 e. The van der Waals surface area contributed by atoms with Crippen LogP contribution in [0.2, 0.25) is 0 Å². The maximum atomic E-state index is 12.9. The molecule has 0 aromatic heterocycles. The van der Waals surface area contributed by atoms with Crippen LogP contribution in [0.3, 0.4) is 0 Å². The molecule has 1 unspecified atom stereocenters. The van der Waals surface area contributed by atoms with E-state index in [0.29, 0.717) is 24.3 Å². The number of aliphatic hydroxyl groups excluding tert-OH is 2. The molecule has 3 rings (SSSR count). The smallest absolute Gasteiger partial charge is 0.404 e. The molecule has 1 fully saturated rings. The van der Waals surface area contributed by atoms with E-state index in [0.717, 1.165) is 24.0 Å². The molecule has 3 amide bonds. The fourth-order valence-corrected chi connectivity index (χ4v) is 3.77.